The Hall–Kier alpha value is -3.35. The Morgan fingerprint density at radius 2 is 1.78 bits per heavy atom. The van der Waals surface area contributed by atoms with E-state index in [1.807, 2.05) is 26.0 Å². The summed E-state index contributed by atoms with van der Waals surface area (Å²) in [4.78, 5) is 43.1. The Bertz CT molecular complexity index is 2060. The molecule has 15 atom stereocenters. The molecule has 15 unspecified atom stereocenters. The van der Waals surface area contributed by atoms with Crippen molar-refractivity contribution in [3.05, 3.63) is 71.7 Å². The third-order valence-corrected chi connectivity index (χ3v) is 17.9. The number of cyclic esters (lactones) is 2. The fourth-order valence-electron chi connectivity index (χ4n) is 15.7. The minimum Gasteiger partial charge on any atom is -0.469 e. The number of esters is 2. The number of ketones is 1. The Balaban J connectivity index is 0.990. The Morgan fingerprint density at radius 1 is 0.933 bits per heavy atom. The van der Waals surface area contributed by atoms with E-state index in [-0.39, 0.29) is 36.6 Å². The van der Waals surface area contributed by atoms with Gasteiger partial charge in [-0.25, -0.2) is 4.79 Å². The second kappa shape index (κ2) is 14.1. The summed E-state index contributed by atoms with van der Waals surface area (Å²) in [5.74, 6) is -0.0583. The molecule has 6 heterocycles. The molecule has 2 aromatic rings. The van der Waals surface area contributed by atoms with Gasteiger partial charge in [0.15, 0.2) is 11.9 Å². The van der Waals surface area contributed by atoms with E-state index in [1.54, 1.807) is 6.26 Å². The summed E-state index contributed by atoms with van der Waals surface area (Å²) in [5, 5.41) is 20.3. The number of benzene rings is 1. The van der Waals surface area contributed by atoms with Crippen molar-refractivity contribution in [1.29, 1.82) is 0 Å². The van der Waals surface area contributed by atoms with Gasteiger partial charge in [-0.1, -0.05) is 62.2 Å². The number of aliphatic hydroxyl groups excluding tert-OH is 1. The normalized spacial score (nSPS) is 46.3. The monoisotopic (exact) mass is 822 g/mol. The average molecular weight is 823 g/mol. The van der Waals surface area contributed by atoms with Crippen LogP contribution in [0.2, 0.25) is 0 Å². The number of hydrogen-bond acceptors (Lipinski definition) is 11. The highest BCUT2D eigenvalue weighted by atomic mass is 16.7. The van der Waals surface area contributed by atoms with Crippen molar-refractivity contribution >= 4 is 17.7 Å². The number of hydrogen-bond donors (Lipinski definition) is 3. The number of carbonyl (C=O) groups is 3. The van der Waals surface area contributed by atoms with E-state index >= 15 is 4.79 Å². The summed E-state index contributed by atoms with van der Waals surface area (Å²) < 4.78 is 32.8. The van der Waals surface area contributed by atoms with E-state index in [0.29, 0.717) is 43.1 Å². The third kappa shape index (κ3) is 5.40. The van der Waals surface area contributed by atoms with Gasteiger partial charge in [-0.05, 0) is 106 Å². The van der Waals surface area contributed by atoms with Crippen LogP contribution in [0.15, 0.2) is 59.2 Å². The van der Waals surface area contributed by atoms with Gasteiger partial charge in [-0.3, -0.25) is 14.9 Å². The summed E-state index contributed by atoms with van der Waals surface area (Å²) in [7, 11) is 0. The first-order chi connectivity index (χ1) is 28.9. The number of Topliss-reactive ketones (excluding diaryl/α,β-unsaturated/α-hetero) is 1. The van der Waals surface area contributed by atoms with E-state index in [0.717, 1.165) is 75.9 Å². The van der Waals surface area contributed by atoms with Gasteiger partial charge in [0, 0.05) is 47.5 Å². The fourth-order valence-corrected chi connectivity index (χ4v) is 15.7. The molecule has 11 nitrogen and oxygen atoms in total. The average Bonchev–Trinajstić information content (AvgIpc) is 3.50. The predicted molar refractivity (Wildman–Crippen MR) is 219 cm³/mol. The first kappa shape index (κ1) is 39.5. The number of furan rings is 1. The van der Waals surface area contributed by atoms with Gasteiger partial charge in [0.1, 0.15) is 30.2 Å². The number of nitrogens with one attached hydrogen (secondary N) is 2. The molecule has 2 spiro atoms. The van der Waals surface area contributed by atoms with Gasteiger partial charge >= 0.3 is 11.9 Å². The largest absolute Gasteiger partial charge is 0.469 e. The molecule has 8 fully saturated rings. The molecule has 322 valence electrons. The molecule has 0 amide bonds. The molecule has 4 aliphatic carbocycles. The molecule has 5 saturated heterocycles. The highest BCUT2D eigenvalue weighted by molar-refractivity contribution is 5.92. The Labute approximate surface area is 353 Å². The van der Waals surface area contributed by atoms with Gasteiger partial charge in [-0.15, -0.1) is 0 Å². The number of epoxide rings is 1. The summed E-state index contributed by atoms with van der Waals surface area (Å²) in [6.45, 7) is 7.97. The molecule has 11 rings (SSSR count). The summed E-state index contributed by atoms with van der Waals surface area (Å²) in [5.41, 5.74) is -2.82. The van der Waals surface area contributed by atoms with E-state index in [4.69, 9.17) is 23.4 Å². The number of aliphatic hydroxyl groups is 1. The number of rotatable bonds is 8. The quantitative estimate of drug-likeness (QED) is 0.160. The lowest BCUT2D eigenvalue weighted by Crippen LogP contribution is -2.79. The van der Waals surface area contributed by atoms with Crippen LogP contribution in [0.3, 0.4) is 0 Å². The molecule has 11 heteroatoms. The van der Waals surface area contributed by atoms with Gasteiger partial charge < -0.3 is 33.8 Å². The number of fused-ring (bicyclic) bond motifs is 1. The Kier molecular flexibility index (Phi) is 9.27. The minimum absolute atomic E-state index is 0.0528. The van der Waals surface area contributed by atoms with Crippen LogP contribution in [0.5, 0.6) is 0 Å². The maximum atomic E-state index is 15.5. The van der Waals surface area contributed by atoms with Crippen molar-refractivity contribution in [2.75, 3.05) is 19.8 Å². The smallest absolute Gasteiger partial charge is 0.339 e. The van der Waals surface area contributed by atoms with Gasteiger partial charge in [0.2, 0.25) is 0 Å². The molecule has 9 aliphatic rings. The lowest BCUT2D eigenvalue weighted by Gasteiger charge is -2.70. The van der Waals surface area contributed by atoms with Crippen LogP contribution in [-0.4, -0.2) is 78.2 Å². The second-order valence-corrected chi connectivity index (χ2v) is 21.0. The minimum atomic E-state index is -1.41. The van der Waals surface area contributed by atoms with E-state index in [2.05, 4.69) is 54.0 Å². The maximum absolute atomic E-state index is 15.5. The first-order valence-corrected chi connectivity index (χ1v) is 23.1. The molecule has 60 heavy (non-hydrogen) atoms. The Morgan fingerprint density at radius 3 is 2.57 bits per heavy atom. The molecule has 5 aliphatic heterocycles. The summed E-state index contributed by atoms with van der Waals surface area (Å²) >= 11 is 0. The van der Waals surface area contributed by atoms with Gasteiger partial charge in [0.25, 0.3) is 0 Å². The molecular formula is C49H62N2O9. The van der Waals surface area contributed by atoms with Crippen LogP contribution >= 0.6 is 0 Å². The lowest BCUT2D eigenvalue weighted by atomic mass is 9.32. The molecular weight excluding hydrogens is 761 g/mol. The van der Waals surface area contributed by atoms with Crippen molar-refractivity contribution in [1.82, 2.24) is 10.6 Å². The van der Waals surface area contributed by atoms with Crippen LogP contribution < -0.4 is 10.6 Å². The summed E-state index contributed by atoms with van der Waals surface area (Å²) in [6, 6.07) is 13.0. The van der Waals surface area contributed by atoms with Crippen molar-refractivity contribution in [3.63, 3.8) is 0 Å². The van der Waals surface area contributed by atoms with Crippen molar-refractivity contribution < 1.29 is 42.9 Å². The standard InChI is InChI=1S/C49H62N2O9/c1-45(2)40-39(53)41(54)48(32-11-7-10-30(23-32)22-29-8-5-4-6-9-29)36(47(40)26-57-38(52)24-37(47)59-45)18-20-46(3)42(58-44(55)43-49(46,48)60-43)33-19-21-56-35(33)17-14-28-12-15-31(16-13-28)34-25-50-27-51-34/h4-6,8-9,12,15,19,21,28,30-32,34,36-37,40-43,50-51,54H,7,10-11,13-14,16-18,20,22-27H2,1-3H3. The van der Waals surface area contributed by atoms with Crippen molar-refractivity contribution in [3.8, 4) is 0 Å². The number of aryl methyl sites for hydroxylation is 1. The molecule has 0 bridgehead atoms. The predicted octanol–water partition coefficient (Wildman–Crippen LogP) is 6.17. The van der Waals surface area contributed by atoms with Crippen LogP contribution in [0, 0.1) is 51.8 Å². The van der Waals surface area contributed by atoms with Crippen molar-refractivity contribution in [2.45, 2.75) is 139 Å². The zero-order valence-corrected chi connectivity index (χ0v) is 35.4. The molecule has 1 aromatic carbocycles. The molecule has 1 aromatic heterocycles. The lowest BCUT2D eigenvalue weighted by molar-refractivity contribution is -0.276. The molecule has 3 saturated carbocycles. The van der Waals surface area contributed by atoms with Gasteiger partial charge in [-0.2, -0.15) is 0 Å². The zero-order valence-electron chi connectivity index (χ0n) is 35.4. The maximum Gasteiger partial charge on any atom is 0.339 e. The number of carbonyl (C=O) groups excluding carboxylic acids is 3. The first-order valence-electron chi connectivity index (χ1n) is 23.1. The highest BCUT2D eigenvalue weighted by Gasteiger charge is 2.92. The number of allylic oxidation sites excluding steroid dienone is 1. The summed E-state index contributed by atoms with van der Waals surface area (Å²) in [6.07, 6.45) is 12.6. The van der Waals surface area contributed by atoms with Crippen LogP contribution in [0.4, 0.5) is 0 Å². The topological polar surface area (TPSA) is 149 Å². The van der Waals surface area contributed by atoms with Crippen LogP contribution in [0.25, 0.3) is 0 Å². The zero-order chi connectivity index (χ0) is 41.2. The van der Waals surface area contributed by atoms with Gasteiger partial charge in [0.05, 0.1) is 30.3 Å². The SMILES string of the molecule is CC1(C)OC2CC(=O)OCC23C1C(=O)C(O)C1(C2CCCC(Cc4ccccc4)C2)C3CCC2(C)C(c3ccoc3CCC3C=CC(C4CNCN4)CC3)OC(=O)C3OC321. The molecule has 0 radical (unpaired) electrons. The third-order valence-electron chi connectivity index (χ3n) is 17.9. The van der Waals surface area contributed by atoms with Crippen LogP contribution in [0.1, 0.15) is 108 Å². The highest BCUT2D eigenvalue weighted by Crippen LogP contribution is 2.82. The number of ether oxygens (including phenoxy) is 4. The van der Waals surface area contributed by atoms with E-state index in [9.17, 15) is 14.7 Å². The second-order valence-electron chi connectivity index (χ2n) is 21.0. The van der Waals surface area contributed by atoms with Crippen molar-refractivity contribution in [2.24, 2.45) is 51.8 Å². The fraction of sp³-hybridized carbons (Fsp3) is 0.694. The van der Waals surface area contributed by atoms with Crippen LogP contribution in [-0.2, 0) is 46.2 Å². The molecule has 3 N–H and O–H groups in total. The van der Waals surface area contributed by atoms with E-state index < -0.39 is 63.8 Å². The van der Waals surface area contributed by atoms with E-state index in [1.165, 1.54) is 5.56 Å².